The van der Waals surface area contributed by atoms with Crippen molar-refractivity contribution in [2.75, 3.05) is 19.0 Å². The van der Waals surface area contributed by atoms with Gasteiger partial charge in [0.1, 0.15) is 5.75 Å². The van der Waals surface area contributed by atoms with Gasteiger partial charge in [0.25, 0.3) is 0 Å². The number of anilines is 1. The summed E-state index contributed by atoms with van der Waals surface area (Å²) in [5.74, 6) is 1.17. The van der Waals surface area contributed by atoms with Crippen molar-refractivity contribution < 1.29 is 9.84 Å². The van der Waals surface area contributed by atoms with Crippen molar-refractivity contribution in [3.05, 3.63) is 23.8 Å². The number of methoxy groups -OCH3 is 1. The molecule has 1 aromatic carbocycles. The Bertz CT molecular complexity index is 408. The van der Waals surface area contributed by atoms with Gasteiger partial charge in [0, 0.05) is 0 Å². The van der Waals surface area contributed by atoms with E-state index in [2.05, 4.69) is 52.1 Å². The Balaban J connectivity index is 3.09. The first-order valence-corrected chi connectivity index (χ1v) is 6.85. The van der Waals surface area contributed by atoms with E-state index in [4.69, 9.17) is 4.74 Å². The van der Waals surface area contributed by atoms with Gasteiger partial charge < -0.3 is 15.2 Å². The highest BCUT2D eigenvalue weighted by atomic mass is 16.5. The molecule has 0 amide bonds. The molecule has 0 heterocycles. The van der Waals surface area contributed by atoms with Crippen molar-refractivity contribution >= 4 is 5.69 Å². The van der Waals surface area contributed by atoms with Crippen LogP contribution in [0.2, 0.25) is 0 Å². The average molecular weight is 265 g/mol. The fourth-order valence-corrected chi connectivity index (χ4v) is 1.91. The summed E-state index contributed by atoms with van der Waals surface area (Å²) in [5.41, 5.74) is 2.29. The second-order valence-electron chi connectivity index (χ2n) is 6.34. The molecule has 0 bridgehead atoms. The Hall–Kier alpha value is -1.22. The van der Waals surface area contributed by atoms with E-state index < -0.39 is 0 Å². The minimum absolute atomic E-state index is 0.0316. The number of hydrogen-bond acceptors (Lipinski definition) is 3. The third-order valence-electron chi connectivity index (χ3n) is 3.41. The number of nitrogens with one attached hydrogen (secondary N) is 1. The fraction of sp³-hybridized carbons (Fsp3) is 0.625. The number of hydrogen-bond donors (Lipinski definition) is 2. The van der Waals surface area contributed by atoms with Crippen LogP contribution in [0.25, 0.3) is 0 Å². The maximum Gasteiger partial charge on any atom is 0.141 e. The van der Waals surface area contributed by atoms with Crippen molar-refractivity contribution in [3.63, 3.8) is 0 Å². The summed E-state index contributed by atoms with van der Waals surface area (Å²) in [6, 6.07) is 6.22. The number of benzene rings is 1. The summed E-state index contributed by atoms with van der Waals surface area (Å²) in [5, 5.41) is 12.8. The minimum atomic E-state index is 0.0316. The Kier molecular flexibility index (Phi) is 5.24. The number of aliphatic hydroxyl groups is 1. The molecular weight excluding hydrogens is 238 g/mol. The molecule has 1 rings (SSSR count). The van der Waals surface area contributed by atoms with E-state index in [1.807, 2.05) is 6.07 Å². The van der Waals surface area contributed by atoms with E-state index in [0.717, 1.165) is 11.4 Å². The van der Waals surface area contributed by atoms with Crippen molar-refractivity contribution in [2.24, 2.45) is 5.92 Å². The van der Waals surface area contributed by atoms with E-state index in [9.17, 15) is 5.11 Å². The molecule has 1 atom stereocenters. The SMILES string of the molecule is COc1ccc(C(C)(C)C)cc1NC(CO)C(C)C. The summed E-state index contributed by atoms with van der Waals surface area (Å²) in [6.07, 6.45) is 0. The Morgan fingerprint density at radius 2 is 1.89 bits per heavy atom. The lowest BCUT2D eigenvalue weighted by atomic mass is 9.86. The molecule has 19 heavy (non-hydrogen) atoms. The predicted octanol–water partition coefficient (Wildman–Crippen LogP) is 3.42. The highest BCUT2D eigenvalue weighted by molar-refractivity contribution is 5.59. The lowest BCUT2D eigenvalue weighted by Crippen LogP contribution is -2.29. The molecule has 0 saturated heterocycles. The zero-order valence-electron chi connectivity index (χ0n) is 12.9. The average Bonchev–Trinajstić information content (AvgIpc) is 2.34. The Labute approximate surface area is 117 Å². The van der Waals surface area contributed by atoms with Crippen molar-refractivity contribution in [3.8, 4) is 5.75 Å². The first-order chi connectivity index (χ1) is 8.79. The standard InChI is InChI=1S/C16H27NO2/c1-11(2)14(10-18)17-13-9-12(16(3,4)5)7-8-15(13)19-6/h7-9,11,14,17-18H,10H2,1-6H3. The van der Waals surface area contributed by atoms with E-state index in [-0.39, 0.29) is 18.1 Å². The molecule has 0 aliphatic carbocycles. The molecule has 0 fully saturated rings. The van der Waals surface area contributed by atoms with Crippen LogP contribution in [0.1, 0.15) is 40.2 Å². The predicted molar refractivity (Wildman–Crippen MR) is 81.0 cm³/mol. The van der Waals surface area contributed by atoms with Crippen LogP contribution in [-0.4, -0.2) is 24.9 Å². The highest BCUT2D eigenvalue weighted by Crippen LogP contribution is 2.32. The van der Waals surface area contributed by atoms with Gasteiger partial charge in [-0.3, -0.25) is 0 Å². The van der Waals surface area contributed by atoms with E-state index in [1.54, 1.807) is 7.11 Å². The third kappa shape index (κ3) is 4.13. The second-order valence-corrected chi connectivity index (χ2v) is 6.34. The number of aliphatic hydroxyl groups excluding tert-OH is 1. The summed E-state index contributed by atoms with van der Waals surface area (Å²) in [6.45, 7) is 10.8. The van der Waals surface area contributed by atoms with Gasteiger partial charge >= 0.3 is 0 Å². The van der Waals surface area contributed by atoms with Gasteiger partial charge in [0.05, 0.1) is 25.4 Å². The lowest BCUT2D eigenvalue weighted by molar-refractivity contribution is 0.249. The van der Waals surface area contributed by atoms with Crippen LogP contribution in [0.15, 0.2) is 18.2 Å². The maximum absolute atomic E-state index is 9.45. The first kappa shape index (κ1) is 15.8. The van der Waals surface area contributed by atoms with Gasteiger partial charge in [-0.05, 0) is 29.0 Å². The van der Waals surface area contributed by atoms with Crippen LogP contribution in [0.5, 0.6) is 5.75 Å². The molecule has 0 aromatic heterocycles. The second kappa shape index (κ2) is 6.29. The molecule has 108 valence electrons. The summed E-state index contributed by atoms with van der Waals surface area (Å²) in [4.78, 5) is 0. The monoisotopic (exact) mass is 265 g/mol. The molecule has 1 aromatic rings. The van der Waals surface area contributed by atoms with Crippen molar-refractivity contribution in [1.29, 1.82) is 0 Å². The summed E-state index contributed by atoms with van der Waals surface area (Å²) in [7, 11) is 1.67. The van der Waals surface area contributed by atoms with Crippen LogP contribution in [0, 0.1) is 5.92 Å². The van der Waals surface area contributed by atoms with E-state index >= 15 is 0 Å². The van der Waals surface area contributed by atoms with Gasteiger partial charge in [-0.1, -0.05) is 40.7 Å². The summed E-state index contributed by atoms with van der Waals surface area (Å²) >= 11 is 0. The molecule has 0 aliphatic heterocycles. The van der Waals surface area contributed by atoms with Crippen LogP contribution in [-0.2, 0) is 5.41 Å². The van der Waals surface area contributed by atoms with Gasteiger partial charge in [0.2, 0.25) is 0 Å². The Morgan fingerprint density at radius 1 is 1.26 bits per heavy atom. The quantitative estimate of drug-likeness (QED) is 0.857. The van der Waals surface area contributed by atoms with Crippen LogP contribution >= 0.6 is 0 Å². The van der Waals surface area contributed by atoms with E-state index in [0.29, 0.717) is 5.92 Å². The minimum Gasteiger partial charge on any atom is -0.495 e. The first-order valence-electron chi connectivity index (χ1n) is 6.85. The number of rotatable bonds is 5. The van der Waals surface area contributed by atoms with Crippen molar-refractivity contribution in [2.45, 2.75) is 46.1 Å². The molecule has 1 unspecified atom stereocenters. The molecule has 3 nitrogen and oxygen atoms in total. The van der Waals surface area contributed by atoms with Gasteiger partial charge in [-0.2, -0.15) is 0 Å². The zero-order valence-corrected chi connectivity index (χ0v) is 12.9. The van der Waals surface area contributed by atoms with Gasteiger partial charge in [-0.15, -0.1) is 0 Å². The topological polar surface area (TPSA) is 41.5 Å². The molecule has 0 saturated carbocycles. The summed E-state index contributed by atoms with van der Waals surface area (Å²) < 4.78 is 5.39. The lowest BCUT2D eigenvalue weighted by Gasteiger charge is -2.25. The largest absolute Gasteiger partial charge is 0.495 e. The van der Waals surface area contributed by atoms with Crippen LogP contribution < -0.4 is 10.1 Å². The molecule has 0 radical (unpaired) electrons. The molecule has 2 N–H and O–H groups in total. The van der Waals surface area contributed by atoms with Gasteiger partial charge in [0.15, 0.2) is 0 Å². The molecule has 0 aliphatic rings. The zero-order chi connectivity index (χ0) is 14.6. The van der Waals surface area contributed by atoms with Crippen LogP contribution in [0.4, 0.5) is 5.69 Å². The molecular formula is C16H27NO2. The Morgan fingerprint density at radius 3 is 2.32 bits per heavy atom. The van der Waals surface area contributed by atoms with Gasteiger partial charge in [-0.25, -0.2) is 0 Å². The molecule has 0 spiro atoms. The van der Waals surface area contributed by atoms with Crippen molar-refractivity contribution in [1.82, 2.24) is 0 Å². The fourth-order valence-electron chi connectivity index (χ4n) is 1.91. The number of ether oxygens (including phenoxy) is 1. The third-order valence-corrected chi connectivity index (χ3v) is 3.41. The van der Waals surface area contributed by atoms with Crippen LogP contribution in [0.3, 0.4) is 0 Å². The van der Waals surface area contributed by atoms with E-state index in [1.165, 1.54) is 5.56 Å². The normalized spacial score (nSPS) is 13.5. The molecule has 3 heteroatoms. The maximum atomic E-state index is 9.45. The highest BCUT2D eigenvalue weighted by Gasteiger charge is 2.18. The smallest absolute Gasteiger partial charge is 0.141 e.